The van der Waals surface area contributed by atoms with E-state index in [1.807, 2.05) is 0 Å². The molecule has 5 saturated carbocycles. The van der Waals surface area contributed by atoms with E-state index in [4.69, 9.17) is 4.74 Å². The molecule has 0 spiro atoms. The first kappa shape index (κ1) is 51.9. The van der Waals surface area contributed by atoms with Crippen LogP contribution in [0.15, 0.2) is 0 Å². The van der Waals surface area contributed by atoms with Gasteiger partial charge < -0.3 is 4.74 Å². The summed E-state index contributed by atoms with van der Waals surface area (Å²) in [5.41, 5.74) is 4.33. The van der Waals surface area contributed by atoms with Crippen LogP contribution in [0.4, 0.5) is 4.39 Å². The van der Waals surface area contributed by atoms with Gasteiger partial charge in [-0.2, -0.15) is 0 Å². The number of ether oxygens (including phenoxy) is 1. The van der Waals surface area contributed by atoms with Crippen molar-refractivity contribution in [3.63, 3.8) is 0 Å². The van der Waals surface area contributed by atoms with Gasteiger partial charge in [-0.15, -0.1) is 0 Å². The minimum atomic E-state index is -0.826. The second kappa shape index (κ2) is 18.9. The summed E-state index contributed by atoms with van der Waals surface area (Å²) in [4.78, 5) is 0. The molecule has 0 radical (unpaired) electrons. The van der Waals surface area contributed by atoms with Crippen LogP contribution in [0.5, 0.6) is 0 Å². The van der Waals surface area contributed by atoms with Crippen LogP contribution in [-0.2, 0) is 4.74 Å². The summed E-state index contributed by atoms with van der Waals surface area (Å²) >= 11 is 0. The minimum Gasteiger partial charge on any atom is -0.381 e. The third kappa shape index (κ3) is 27.5. The predicted octanol–water partition coefficient (Wildman–Crippen LogP) is 17.7. The van der Waals surface area contributed by atoms with Crippen LogP contribution in [0.1, 0.15) is 249 Å². The highest BCUT2D eigenvalue weighted by atomic mass is 19.1. The molecule has 0 aromatic carbocycles. The first-order valence-electron chi connectivity index (χ1n) is 23.0. The van der Waals surface area contributed by atoms with Gasteiger partial charge in [0.2, 0.25) is 0 Å². The lowest BCUT2D eigenvalue weighted by atomic mass is 9.63. The van der Waals surface area contributed by atoms with Crippen molar-refractivity contribution in [2.45, 2.75) is 254 Å². The Morgan fingerprint density at radius 3 is 0.870 bits per heavy atom. The summed E-state index contributed by atoms with van der Waals surface area (Å²) in [5, 5.41) is 0. The van der Waals surface area contributed by atoms with Crippen molar-refractivity contribution in [3.05, 3.63) is 0 Å². The fourth-order valence-corrected chi connectivity index (χ4v) is 8.95. The monoisotopic (exact) mass is 763 g/mol. The van der Waals surface area contributed by atoms with Gasteiger partial charge in [0.1, 0.15) is 5.67 Å². The Balaban J connectivity index is 0.000000325. The molecule has 324 valence electrons. The second-order valence-corrected chi connectivity index (χ2v) is 28.3. The smallest absolute Gasteiger partial charge is 0.111 e. The average molecular weight is 763 g/mol. The van der Waals surface area contributed by atoms with Crippen molar-refractivity contribution in [1.29, 1.82) is 0 Å². The van der Waals surface area contributed by atoms with Gasteiger partial charge in [-0.25, -0.2) is 4.39 Å². The van der Waals surface area contributed by atoms with Gasteiger partial charge >= 0.3 is 0 Å². The number of halogens is 1. The maximum absolute atomic E-state index is 13.0. The van der Waals surface area contributed by atoms with E-state index in [-0.39, 0.29) is 0 Å². The first-order chi connectivity index (χ1) is 23.7. The fraction of sp³-hybridized carbons (Fsp3) is 1.00. The molecule has 1 nitrogen and oxygen atoms in total. The Morgan fingerprint density at radius 1 is 0.481 bits per heavy atom. The molecule has 0 amide bonds. The number of rotatable bonds is 5. The molecule has 1 saturated heterocycles. The lowest BCUT2D eigenvalue weighted by Gasteiger charge is -2.42. The van der Waals surface area contributed by atoms with E-state index in [0.717, 1.165) is 48.7 Å². The average Bonchev–Trinajstić information content (AvgIpc) is 3.68. The largest absolute Gasteiger partial charge is 0.381 e. The standard InChI is InChI=1S/C10H20.C9H17F.2C9H18.C8H16.C7H14O/c1-9(2,3)8-10(4)6-5-7-10;1-8(2,3)5-7-6-9(7,4)10;2*1-8(2,3)7-9(4)5-6-9;1-8(2,3)6-7-4-5-7;1-7(2,3)6-4-8-5-6/h5-8H2,1-4H3;7H,5-6H2,1-4H3;2*5-7H2,1-4H3;7H,4-6H2,1-3H3;6H,4-5H2,1-3H3. The highest BCUT2D eigenvalue weighted by Crippen LogP contribution is 2.54. The normalized spacial score (nSPS) is 26.4. The molecule has 6 aliphatic rings. The van der Waals surface area contributed by atoms with Crippen LogP contribution >= 0.6 is 0 Å². The summed E-state index contributed by atoms with van der Waals surface area (Å²) in [6.07, 6.45) is 20.7. The Kier molecular flexibility index (Phi) is 18.1. The van der Waals surface area contributed by atoms with Crippen LogP contribution in [0.2, 0.25) is 0 Å². The van der Waals surface area contributed by atoms with Crippen molar-refractivity contribution in [2.75, 3.05) is 13.2 Å². The Bertz CT molecular complexity index is 1010. The van der Waals surface area contributed by atoms with Gasteiger partial charge in [0.25, 0.3) is 0 Å². The van der Waals surface area contributed by atoms with Crippen molar-refractivity contribution in [2.24, 2.45) is 66.5 Å². The van der Waals surface area contributed by atoms with E-state index in [0.29, 0.717) is 43.8 Å². The van der Waals surface area contributed by atoms with Gasteiger partial charge in [0.15, 0.2) is 0 Å². The molecule has 0 bridgehead atoms. The van der Waals surface area contributed by atoms with E-state index >= 15 is 0 Å². The second-order valence-electron chi connectivity index (χ2n) is 28.3. The number of hydrogen-bond acceptors (Lipinski definition) is 1. The van der Waals surface area contributed by atoms with Crippen LogP contribution in [0, 0.1) is 66.5 Å². The number of hydrogen-bond donors (Lipinski definition) is 0. The summed E-state index contributed by atoms with van der Waals surface area (Å²) in [6, 6.07) is 0. The Hall–Kier alpha value is -0.110. The van der Waals surface area contributed by atoms with Crippen LogP contribution in [0.3, 0.4) is 0 Å². The molecular formula is C52H103FO. The molecular weight excluding hydrogens is 660 g/mol. The summed E-state index contributed by atoms with van der Waals surface area (Å²) in [5.74, 6) is 2.24. The quantitative estimate of drug-likeness (QED) is 0.271. The molecule has 0 N–H and O–H groups in total. The fourth-order valence-electron chi connectivity index (χ4n) is 8.95. The molecule has 6 fully saturated rings. The van der Waals surface area contributed by atoms with E-state index in [2.05, 4.69) is 145 Å². The summed E-state index contributed by atoms with van der Waals surface area (Å²) < 4.78 is 18.1. The predicted molar refractivity (Wildman–Crippen MR) is 241 cm³/mol. The zero-order valence-electron chi connectivity index (χ0n) is 41.5. The summed E-state index contributed by atoms with van der Waals surface area (Å²) in [7, 11) is 0. The third-order valence-electron chi connectivity index (χ3n) is 12.3. The Labute approximate surface area is 342 Å². The SMILES string of the molecule is CC(C)(C)C1COC1.CC(C)(C)CC1(C)CC1.CC(C)(C)CC1(C)CC1.CC(C)(C)CC1(C)CCC1.CC(C)(C)CC1CC1.CC(C)(C)CC1CC1(C)F. The molecule has 0 aromatic rings. The molecule has 1 aliphatic heterocycles. The van der Waals surface area contributed by atoms with Crippen molar-refractivity contribution in [3.8, 4) is 0 Å². The van der Waals surface area contributed by atoms with Gasteiger partial charge in [-0.05, 0) is 145 Å². The van der Waals surface area contributed by atoms with E-state index < -0.39 is 5.67 Å². The number of alkyl halides is 1. The van der Waals surface area contributed by atoms with Gasteiger partial charge in [0, 0.05) is 5.92 Å². The highest BCUT2D eigenvalue weighted by Gasteiger charge is 2.51. The van der Waals surface area contributed by atoms with Gasteiger partial charge in [-0.3, -0.25) is 0 Å². The highest BCUT2D eigenvalue weighted by molar-refractivity contribution is 5.01. The summed E-state index contributed by atoms with van der Waals surface area (Å²) in [6.45, 7) is 52.2. The lowest BCUT2D eigenvalue weighted by Crippen LogP contribution is -2.37. The van der Waals surface area contributed by atoms with Crippen molar-refractivity contribution < 1.29 is 9.13 Å². The van der Waals surface area contributed by atoms with Crippen LogP contribution in [-0.4, -0.2) is 18.9 Å². The van der Waals surface area contributed by atoms with Gasteiger partial charge in [0.05, 0.1) is 13.2 Å². The zero-order valence-corrected chi connectivity index (χ0v) is 41.5. The molecule has 6 rings (SSSR count). The first-order valence-corrected chi connectivity index (χ1v) is 23.0. The van der Waals surface area contributed by atoms with Gasteiger partial charge in [-0.1, -0.05) is 165 Å². The molecule has 0 aromatic heterocycles. The molecule has 2 heteroatoms. The van der Waals surface area contributed by atoms with E-state index in [1.54, 1.807) is 6.92 Å². The van der Waals surface area contributed by atoms with Crippen LogP contribution in [0.25, 0.3) is 0 Å². The minimum absolute atomic E-state index is 0.300. The van der Waals surface area contributed by atoms with E-state index in [1.165, 1.54) is 83.5 Å². The molecule has 54 heavy (non-hydrogen) atoms. The maximum atomic E-state index is 13.0. The molecule has 2 atom stereocenters. The molecule has 5 aliphatic carbocycles. The van der Waals surface area contributed by atoms with E-state index in [9.17, 15) is 4.39 Å². The van der Waals surface area contributed by atoms with Crippen LogP contribution < -0.4 is 0 Å². The zero-order chi connectivity index (χ0) is 42.5. The Morgan fingerprint density at radius 2 is 0.796 bits per heavy atom. The topological polar surface area (TPSA) is 9.23 Å². The molecule has 2 unspecified atom stereocenters. The lowest BCUT2D eigenvalue weighted by molar-refractivity contribution is -0.0821. The van der Waals surface area contributed by atoms with Crippen molar-refractivity contribution in [1.82, 2.24) is 0 Å². The molecule has 1 heterocycles. The van der Waals surface area contributed by atoms with Crippen molar-refractivity contribution >= 4 is 0 Å². The maximum Gasteiger partial charge on any atom is 0.111 e. The third-order valence-corrected chi connectivity index (χ3v) is 12.3.